The van der Waals surface area contributed by atoms with Crippen LogP contribution in [0.5, 0.6) is 11.5 Å². The summed E-state index contributed by atoms with van der Waals surface area (Å²) in [5, 5.41) is 22.4. The molecule has 1 N–H and O–H groups in total. The highest BCUT2D eigenvalue weighted by Gasteiger charge is 2.30. The number of furan rings is 1. The molecule has 0 saturated heterocycles. The number of carbonyl (C=O) groups is 1. The molecule has 2 heterocycles. The van der Waals surface area contributed by atoms with Crippen molar-refractivity contribution in [2.45, 2.75) is 35.8 Å². The van der Waals surface area contributed by atoms with Gasteiger partial charge in [-0.05, 0) is 56.3 Å². The van der Waals surface area contributed by atoms with E-state index in [0.717, 1.165) is 17.1 Å². The number of anilines is 1. The highest BCUT2D eigenvalue weighted by atomic mass is 32.2. The van der Waals surface area contributed by atoms with Crippen molar-refractivity contribution in [2.24, 2.45) is 0 Å². The fourth-order valence-electron chi connectivity index (χ4n) is 3.58. The molecule has 9 nitrogen and oxygen atoms in total. The second-order valence-corrected chi connectivity index (χ2v) is 11.8. The predicted molar refractivity (Wildman–Crippen MR) is 152 cm³/mol. The zero-order valence-electron chi connectivity index (χ0n) is 21.4. The SMILES string of the molecule is C=C(Cc1ccc([N+](=O)[O-])o1)N(CCc1csc(SC(C)(C)C(=O)O)n1)c1ccc(Oc2ccccc2)cc1. The van der Waals surface area contributed by atoms with Gasteiger partial charge in [0.15, 0.2) is 4.34 Å². The van der Waals surface area contributed by atoms with Gasteiger partial charge in [-0.25, -0.2) is 4.98 Å². The van der Waals surface area contributed by atoms with Gasteiger partial charge in [0.05, 0.1) is 11.8 Å². The van der Waals surface area contributed by atoms with Crippen LogP contribution in [0, 0.1) is 10.1 Å². The second-order valence-electron chi connectivity index (χ2n) is 9.07. The number of thioether (sulfide) groups is 1. The van der Waals surface area contributed by atoms with E-state index in [-0.39, 0.29) is 12.3 Å². The Bertz CT molecular complexity index is 1450. The van der Waals surface area contributed by atoms with Crippen LogP contribution < -0.4 is 9.64 Å². The summed E-state index contributed by atoms with van der Waals surface area (Å²) in [5.74, 6) is 0.630. The number of aliphatic carboxylic acids is 1. The molecule has 2 aromatic heterocycles. The molecule has 39 heavy (non-hydrogen) atoms. The van der Waals surface area contributed by atoms with Crippen molar-refractivity contribution in [1.82, 2.24) is 4.98 Å². The van der Waals surface area contributed by atoms with Crippen LogP contribution in [0.4, 0.5) is 11.6 Å². The van der Waals surface area contributed by atoms with Gasteiger partial charge in [-0.15, -0.1) is 11.3 Å². The molecule has 0 spiro atoms. The van der Waals surface area contributed by atoms with Crippen LogP contribution in [0.3, 0.4) is 0 Å². The number of hydrogen-bond donors (Lipinski definition) is 1. The number of hydrogen-bond acceptors (Lipinski definition) is 9. The third-order valence-electron chi connectivity index (χ3n) is 5.69. The van der Waals surface area contributed by atoms with Gasteiger partial charge in [0.1, 0.15) is 26.9 Å². The largest absolute Gasteiger partial charge is 0.480 e. The van der Waals surface area contributed by atoms with Crippen LogP contribution in [-0.4, -0.2) is 32.3 Å². The van der Waals surface area contributed by atoms with E-state index in [1.807, 2.05) is 64.9 Å². The molecule has 4 aromatic rings. The number of thiazole rings is 1. The maximum atomic E-state index is 11.5. The van der Waals surface area contributed by atoms with Gasteiger partial charge in [-0.1, -0.05) is 36.5 Å². The van der Waals surface area contributed by atoms with E-state index < -0.39 is 15.6 Å². The van der Waals surface area contributed by atoms with Crippen LogP contribution in [0.2, 0.25) is 0 Å². The highest BCUT2D eigenvalue weighted by Crippen LogP contribution is 2.35. The normalized spacial score (nSPS) is 11.2. The minimum atomic E-state index is -0.981. The van der Waals surface area contributed by atoms with Gasteiger partial charge in [0.25, 0.3) is 0 Å². The number of benzene rings is 2. The Morgan fingerprint density at radius 2 is 1.85 bits per heavy atom. The van der Waals surface area contributed by atoms with Crippen LogP contribution >= 0.6 is 23.1 Å². The Morgan fingerprint density at radius 1 is 1.15 bits per heavy atom. The van der Waals surface area contributed by atoms with Gasteiger partial charge < -0.3 is 19.2 Å². The van der Waals surface area contributed by atoms with Crippen molar-refractivity contribution in [3.8, 4) is 11.5 Å². The van der Waals surface area contributed by atoms with Gasteiger partial charge in [-0.3, -0.25) is 14.9 Å². The van der Waals surface area contributed by atoms with Crippen molar-refractivity contribution in [2.75, 3.05) is 11.4 Å². The lowest BCUT2D eigenvalue weighted by Gasteiger charge is -2.26. The van der Waals surface area contributed by atoms with E-state index >= 15 is 0 Å². The molecular weight excluding hydrogens is 538 g/mol. The van der Waals surface area contributed by atoms with E-state index in [1.54, 1.807) is 19.9 Å². The Morgan fingerprint density at radius 3 is 2.49 bits per heavy atom. The molecule has 0 saturated carbocycles. The first-order valence-electron chi connectivity index (χ1n) is 12.0. The summed E-state index contributed by atoms with van der Waals surface area (Å²) in [6.07, 6.45) is 0.852. The number of aromatic nitrogens is 1. The van der Waals surface area contributed by atoms with Gasteiger partial charge >= 0.3 is 11.9 Å². The third kappa shape index (κ3) is 7.49. The average molecular weight is 566 g/mol. The molecular formula is C28H27N3O6S2. The summed E-state index contributed by atoms with van der Waals surface area (Å²) < 4.78 is 11.0. The van der Waals surface area contributed by atoms with E-state index in [4.69, 9.17) is 9.15 Å². The molecule has 0 aliphatic carbocycles. The zero-order chi connectivity index (χ0) is 28.0. The topological polar surface area (TPSA) is 119 Å². The van der Waals surface area contributed by atoms with E-state index in [2.05, 4.69) is 11.6 Å². The summed E-state index contributed by atoms with van der Waals surface area (Å²) >= 11 is 2.63. The van der Waals surface area contributed by atoms with Gasteiger partial charge in [-0.2, -0.15) is 0 Å². The first kappa shape index (κ1) is 27.9. The second kappa shape index (κ2) is 12.2. The number of ether oxygens (including phenoxy) is 1. The molecule has 0 amide bonds. The quantitative estimate of drug-likeness (QED) is 0.102. The summed E-state index contributed by atoms with van der Waals surface area (Å²) in [5.41, 5.74) is 2.38. The number of rotatable bonds is 13. The first-order chi connectivity index (χ1) is 18.6. The monoisotopic (exact) mass is 565 g/mol. The first-order valence-corrected chi connectivity index (χ1v) is 13.7. The molecule has 0 aliphatic rings. The smallest absolute Gasteiger partial charge is 0.433 e. The molecule has 0 unspecified atom stereocenters. The fourth-order valence-corrected chi connectivity index (χ4v) is 5.81. The van der Waals surface area contributed by atoms with Crippen molar-refractivity contribution in [3.05, 3.63) is 106 Å². The third-order valence-corrected chi connectivity index (χ3v) is 7.87. The minimum Gasteiger partial charge on any atom is -0.480 e. The summed E-state index contributed by atoms with van der Waals surface area (Å²) in [6, 6.07) is 20.0. The molecule has 0 aliphatic heterocycles. The molecule has 4 rings (SSSR count). The Kier molecular flexibility index (Phi) is 8.72. The fraction of sp³-hybridized carbons (Fsp3) is 0.214. The molecule has 0 atom stereocenters. The molecule has 2 aromatic carbocycles. The van der Waals surface area contributed by atoms with Crippen molar-refractivity contribution in [1.29, 1.82) is 0 Å². The Labute approximate surface area is 233 Å². The van der Waals surface area contributed by atoms with Crippen molar-refractivity contribution < 1.29 is 24.0 Å². The average Bonchev–Trinajstić information content (AvgIpc) is 3.55. The number of nitro groups is 1. The molecule has 202 valence electrons. The molecule has 11 heteroatoms. The molecule has 0 fully saturated rings. The summed E-state index contributed by atoms with van der Waals surface area (Å²) in [7, 11) is 0. The van der Waals surface area contributed by atoms with E-state index in [1.165, 1.54) is 29.2 Å². The predicted octanol–water partition coefficient (Wildman–Crippen LogP) is 7.20. The zero-order valence-corrected chi connectivity index (χ0v) is 23.0. The Balaban J connectivity index is 1.50. The van der Waals surface area contributed by atoms with Crippen molar-refractivity contribution in [3.63, 3.8) is 0 Å². The van der Waals surface area contributed by atoms with E-state index in [0.29, 0.717) is 34.5 Å². The van der Waals surface area contributed by atoms with E-state index in [9.17, 15) is 20.0 Å². The van der Waals surface area contributed by atoms with Crippen LogP contribution in [-0.2, 0) is 17.6 Å². The molecule has 0 radical (unpaired) electrons. The number of allylic oxidation sites excluding steroid dienone is 1. The number of carboxylic acid groups (broad SMARTS) is 1. The minimum absolute atomic E-state index is 0.279. The lowest BCUT2D eigenvalue weighted by Crippen LogP contribution is -2.27. The van der Waals surface area contributed by atoms with Crippen LogP contribution in [0.15, 0.2) is 93.1 Å². The summed E-state index contributed by atoms with van der Waals surface area (Å²) in [6.45, 7) is 8.06. The van der Waals surface area contributed by atoms with Gasteiger partial charge in [0, 0.05) is 36.2 Å². The molecule has 0 bridgehead atoms. The number of carboxylic acids is 1. The standard InChI is InChI=1S/C28H27N3O6S2/c1-19(17-24-13-14-25(37-24)31(34)35)30(16-15-20-18-38-27(29-20)39-28(2,3)26(32)33)21-9-11-23(12-10-21)36-22-7-5-4-6-8-22/h4-14,18H,1,15-17H2,2-3H3,(H,32,33). The Hall–Kier alpha value is -4.09. The number of nitrogens with zero attached hydrogens (tertiary/aromatic N) is 3. The van der Waals surface area contributed by atoms with Crippen LogP contribution in [0.25, 0.3) is 0 Å². The van der Waals surface area contributed by atoms with Gasteiger partial charge in [0.2, 0.25) is 0 Å². The lowest BCUT2D eigenvalue weighted by molar-refractivity contribution is -0.402. The maximum Gasteiger partial charge on any atom is 0.433 e. The van der Waals surface area contributed by atoms with Crippen LogP contribution in [0.1, 0.15) is 25.3 Å². The highest BCUT2D eigenvalue weighted by molar-refractivity contribution is 8.03. The lowest BCUT2D eigenvalue weighted by atomic mass is 10.2. The van der Waals surface area contributed by atoms with Crippen molar-refractivity contribution >= 4 is 40.6 Å². The maximum absolute atomic E-state index is 11.5. The number of para-hydroxylation sites is 1. The summed E-state index contributed by atoms with van der Waals surface area (Å²) in [4.78, 5) is 28.6.